The van der Waals surface area contributed by atoms with Crippen LogP contribution < -0.4 is 5.32 Å². The largest absolute Gasteiger partial charge is 0.433 e. The molecule has 1 heterocycles. The number of halogens is 6. The molecule has 1 aromatic carbocycles. The zero-order chi connectivity index (χ0) is 14.4. The molecule has 0 bridgehead atoms. The molecule has 0 fully saturated rings. The van der Waals surface area contributed by atoms with E-state index in [2.05, 4.69) is 26.2 Å². The number of pyridine rings is 1. The van der Waals surface area contributed by atoms with Crippen molar-refractivity contribution in [2.24, 2.45) is 0 Å². The second-order valence-electron chi connectivity index (χ2n) is 3.68. The average molecular weight is 341 g/mol. The average Bonchev–Trinajstić information content (AvgIpc) is 2.33. The number of anilines is 1. The predicted molar refractivity (Wildman–Crippen MR) is 63.9 cm³/mol. The molecular weight excluding hydrogens is 335 g/mol. The smallest absolute Gasteiger partial charge is 0.387 e. The molecule has 1 N–H and O–H groups in total. The quantitative estimate of drug-likeness (QED) is 0.617. The van der Waals surface area contributed by atoms with E-state index in [1.165, 1.54) is 7.05 Å². The number of nitrogens with zero attached hydrogens (tertiary/aromatic N) is 1. The standard InChI is InChI=1S/C11H6BrF5N2/c1-18-6-3-7(11(15,16)17)19-10-5(13)2-4(12)9(14)8(6)10/h2-3H,1H3,(H,18,19). The van der Waals surface area contributed by atoms with Gasteiger partial charge in [0, 0.05) is 12.7 Å². The van der Waals surface area contributed by atoms with Crippen LogP contribution in [0.2, 0.25) is 0 Å². The Morgan fingerprint density at radius 3 is 2.37 bits per heavy atom. The number of benzene rings is 1. The van der Waals surface area contributed by atoms with E-state index in [0.717, 1.165) is 6.07 Å². The van der Waals surface area contributed by atoms with Crippen LogP contribution in [0.25, 0.3) is 10.9 Å². The van der Waals surface area contributed by atoms with Gasteiger partial charge in [0.1, 0.15) is 17.0 Å². The summed E-state index contributed by atoms with van der Waals surface area (Å²) in [5.41, 5.74) is -2.14. The van der Waals surface area contributed by atoms with Gasteiger partial charge in [-0.15, -0.1) is 0 Å². The molecule has 1 aromatic heterocycles. The summed E-state index contributed by atoms with van der Waals surface area (Å²) in [7, 11) is 1.31. The third-order valence-corrected chi connectivity index (χ3v) is 3.07. The molecule has 0 atom stereocenters. The number of rotatable bonds is 1. The van der Waals surface area contributed by atoms with E-state index in [1.54, 1.807) is 0 Å². The second kappa shape index (κ2) is 4.59. The van der Waals surface area contributed by atoms with Gasteiger partial charge in [0.15, 0.2) is 5.82 Å². The lowest BCUT2D eigenvalue weighted by Gasteiger charge is -2.13. The lowest BCUT2D eigenvalue weighted by atomic mass is 10.1. The number of hydrogen-bond acceptors (Lipinski definition) is 2. The summed E-state index contributed by atoms with van der Waals surface area (Å²) in [6, 6.07) is 1.38. The Morgan fingerprint density at radius 1 is 1.21 bits per heavy atom. The first-order chi connectivity index (χ1) is 8.75. The Labute approximate surface area is 112 Å². The SMILES string of the molecule is CNc1cc(C(F)(F)F)nc2c(F)cc(Br)c(F)c12. The Morgan fingerprint density at radius 2 is 1.84 bits per heavy atom. The van der Waals surface area contributed by atoms with Crippen LogP contribution in [-0.4, -0.2) is 12.0 Å². The van der Waals surface area contributed by atoms with Crippen molar-refractivity contribution in [2.45, 2.75) is 6.18 Å². The molecule has 0 aliphatic carbocycles. The number of fused-ring (bicyclic) bond motifs is 1. The van der Waals surface area contributed by atoms with Gasteiger partial charge >= 0.3 is 6.18 Å². The molecule has 102 valence electrons. The highest BCUT2D eigenvalue weighted by Gasteiger charge is 2.34. The van der Waals surface area contributed by atoms with Crippen molar-refractivity contribution in [1.82, 2.24) is 4.98 Å². The molecular formula is C11H6BrF5N2. The highest BCUT2D eigenvalue weighted by molar-refractivity contribution is 9.10. The summed E-state index contributed by atoms with van der Waals surface area (Å²) in [6.07, 6.45) is -4.74. The zero-order valence-corrected chi connectivity index (χ0v) is 11.0. The van der Waals surface area contributed by atoms with Crippen LogP contribution in [0.15, 0.2) is 16.6 Å². The summed E-state index contributed by atoms with van der Waals surface area (Å²) < 4.78 is 65.2. The summed E-state index contributed by atoms with van der Waals surface area (Å²) >= 11 is 2.80. The van der Waals surface area contributed by atoms with E-state index < -0.39 is 29.0 Å². The molecule has 0 spiro atoms. The molecule has 0 radical (unpaired) electrons. The molecule has 0 unspecified atom stereocenters. The number of alkyl halides is 3. The third-order valence-electron chi connectivity index (χ3n) is 2.49. The molecule has 2 aromatic rings. The molecule has 2 rings (SSSR count). The Hall–Kier alpha value is -1.44. The lowest BCUT2D eigenvalue weighted by molar-refractivity contribution is -0.140. The summed E-state index contributed by atoms with van der Waals surface area (Å²) in [5, 5.41) is 2.08. The molecule has 0 saturated carbocycles. The minimum atomic E-state index is -4.74. The number of nitrogens with one attached hydrogen (secondary N) is 1. The molecule has 0 aliphatic heterocycles. The first kappa shape index (κ1) is 14.0. The second-order valence-corrected chi connectivity index (χ2v) is 4.53. The fraction of sp³-hybridized carbons (Fsp3) is 0.182. The van der Waals surface area contributed by atoms with Crippen LogP contribution >= 0.6 is 15.9 Å². The van der Waals surface area contributed by atoms with E-state index in [9.17, 15) is 22.0 Å². The summed E-state index contributed by atoms with van der Waals surface area (Å²) in [6.45, 7) is 0. The van der Waals surface area contributed by atoms with Crippen LogP contribution in [0.1, 0.15) is 5.69 Å². The van der Waals surface area contributed by atoms with E-state index >= 15 is 0 Å². The fourth-order valence-corrected chi connectivity index (χ4v) is 2.04. The molecule has 0 aliphatic rings. The van der Waals surface area contributed by atoms with Crippen LogP contribution in [0.3, 0.4) is 0 Å². The summed E-state index contributed by atoms with van der Waals surface area (Å²) in [5.74, 6) is -1.91. The maximum absolute atomic E-state index is 13.9. The molecule has 2 nitrogen and oxygen atoms in total. The van der Waals surface area contributed by atoms with E-state index in [-0.39, 0.29) is 15.5 Å². The van der Waals surface area contributed by atoms with Crippen molar-refractivity contribution in [3.05, 3.63) is 33.9 Å². The van der Waals surface area contributed by atoms with E-state index in [4.69, 9.17) is 0 Å². The Kier molecular flexibility index (Phi) is 3.38. The van der Waals surface area contributed by atoms with Gasteiger partial charge < -0.3 is 5.32 Å². The first-order valence-corrected chi connectivity index (χ1v) is 5.78. The van der Waals surface area contributed by atoms with Gasteiger partial charge in [-0.25, -0.2) is 13.8 Å². The van der Waals surface area contributed by atoms with Gasteiger partial charge in [0.25, 0.3) is 0 Å². The molecule has 19 heavy (non-hydrogen) atoms. The normalized spacial score (nSPS) is 11.9. The van der Waals surface area contributed by atoms with Gasteiger partial charge in [-0.3, -0.25) is 0 Å². The Bertz CT molecular complexity index is 654. The van der Waals surface area contributed by atoms with Crippen LogP contribution in [0.5, 0.6) is 0 Å². The highest BCUT2D eigenvalue weighted by Crippen LogP contribution is 2.36. The van der Waals surface area contributed by atoms with Crippen molar-refractivity contribution in [1.29, 1.82) is 0 Å². The van der Waals surface area contributed by atoms with Crippen LogP contribution in [0.4, 0.5) is 27.6 Å². The van der Waals surface area contributed by atoms with Gasteiger partial charge in [0.2, 0.25) is 0 Å². The van der Waals surface area contributed by atoms with Crippen molar-refractivity contribution in [2.75, 3.05) is 12.4 Å². The monoisotopic (exact) mass is 340 g/mol. The maximum Gasteiger partial charge on any atom is 0.433 e. The van der Waals surface area contributed by atoms with E-state index in [1.807, 2.05) is 0 Å². The zero-order valence-electron chi connectivity index (χ0n) is 9.37. The van der Waals surface area contributed by atoms with Crippen LogP contribution in [-0.2, 0) is 6.18 Å². The fourth-order valence-electron chi connectivity index (χ4n) is 1.64. The number of aromatic nitrogens is 1. The minimum absolute atomic E-state index is 0.185. The number of hydrogen-bond donors (Lipinski definition) is 1. The van der Waals surface area contributed by atoms with Gasteiger partial charge in [-0.05, 0) is 28.1 Å². The van der Waals surface area contributed by atoms with Crippen molar-refractivity contribution in [3.63, 3.8) is 0 Å². The molecule has 0 amide bonds. The lowest BCUT2D eigenvalue weighted by Crippen LogP contribution is -2.10. The highest BCUT2D eigenvalue weighted by atomic mass is 79.9. The topological polar surface area (TPSA) is 24.9 Å². The third kappa shape index (κ3) is 2.36. The first-order valence-electron chi connectivity index (χ1n) is 4.99. The summed E-state index contributed by atoms with van der Waals surface area (Å²) in [4.78, 5) is 3.16. The Balaban J connectivity index is 2.93. The van der Waals surface area contributed by atoms with Gasteiger partial charge in [-0.1, -0.05) is 0 Å². The van der Waals surface area contributed by atoms with Crippen LogP contribution in [0, 0.1) is 11.6 Å². The maximum atomic E-state index is 13.9. The predicted octanol–water partition coefficient (Wildman–Crippen LogP) is 4.34. The van der Waals surface area contributed by atoms with Gasteiger partial charge in [-0.2, -0.15) is 13.2 Å². The van der Waals surface area contributed by atoms with Crippen molar-refractivity contribution < 1.29 is 22.0 Å². The molecule has 8 heteroatoms. The van der Waals surface area contributed by atoms with Crippen molar-refractivity contribution in [3.8, 4) is 0 Å². The van der Waals surface area contributed by atoms with E-state index in [0.29, 0.717) is 6.07 Å². The molecule has 0 saturated heterocycles. The van der Waals surface area contributed by atoms with Crippen molar-refractivity contribution >= 4 is 32.5 Å². The van der Waals surface area contributed by atoms with Gasteiger partial charge in [0.05, 0.1) is 9.86 Å². The minimum Gasteiger partial charge on any atom is -0.387 e.